The van der Waals surface area contributed by atoms with Gasteiger partial charge in [0.05, 0.1) is 19.8 Å². The molecule has 0 radical (unpaired) electrons. The second kappa shape index (κ2) is 6.49. The normalized spacial score (nSPS) is 17.6. The predicted octanol–water partition coefficient (Wildman–Crippen LogP) is 0.194. The lowest BCUT2D eigenvalue weighted by atomic mass is 9.85. The zero-order chi connectivity index (χ0) is 13.6. The van der Waals surface area contributed by atoms with Crippen molar-refractivity contribution in [2.75, 3.05) is 20.8 Å². The van der Waals surface area contributed by atoms with Crippen LogP contribution in [0.3, 0.4) is 0 Å². The molecule has 0 aromatic heterocycles. The van der Waals surface area contributed by atoms with Crippen LogP contribution in [0.15, 0.2) is 0 Å². The van der Waals surface area contributed by atoms with Crippen molar-refractivity contribution in [1.29, 1.82) is 0 Å². The van der Waals surface area contributed by atoms with Gasteiger partial charge in [-0.15, -0.1) is 0 Å². The van der Waals surface area contributed by atoms with Crippen LogP contribution in [0.4, 0.5) is 0 Å². The minimum absolute atomic E-state index is 0.0512. The Morgan fingerprint density at radius 3 is 2.00 bits per heavy atom. The van der Waals surface area contributed by atoms with E-state index in [4.69, 9.17) is 0 Å². The van der Waals surface area contributed by atoms with Crippen molar-refractivity contribution in [3.8, 4) is 0 Å². The van der Waals surface area contributed by atoms with Gasteiger partial charge >= 0.3 is 11.9 Å². The SMILES string of the molecule is COC(=O)CCC1(CCC(=O)OC)NCCC1=O. The summed E-state index contributed by atoms with van der Waals surface area (Å²) in [4.78, 5) is 34.2. The molecule has 1 heterocycles. The van der Waals surface area contributed by atoms with E-state index in [0.717, 1.165) is 0 Å². The monoisotopic (exact) mass is 257 g/mol. The topological polar surface area (TPSA) is 81.7 Å². The molecule has 1 aliphatic rings. The van der Waals surface area contributed by atoms with Crippen LogP contribution in [0.2, 0.25) is 0 Å². The molecule has 1 rings (SSSR count). The summed E-state index contributed by atoms with van der Waals surface area (Å²) >= 11 is 0. The van der Waals surface area contributed by atoms with Crippen LogP contribution in [-0.4, -0.2) is 44.0 Å². The van der Waals surface area contributed by atoms with Crippen LogP contribution >= 0.6 is 0 Å². The van der Waals surface area contributed by atoms with Crippen LogP contribution in [0, 0.1) is 0 Å². The van der Waals surface area contributed by atoms with Crippen molar-refractivity contribution < 1.29 is 23.9 Å². The first kappa shape index (κ1) is 14.6. The fourth-order valence-electron chi connectivity index (χ4n) is 2.17. The van der Waals surface area contributed by atoms with Gasteiger partial charge in [0.25, 0.3) is 0 Å². The third kappa shape index (κ3) is 3.53. The lowest BCUT2D eigenvalue weighted by Gasteiger charge is -2.27. The molecule has 1 fully saturated rings. The van der Waals surface area contributed by atoms with Gasteiger partial charge in [-0.25, -0.2) is 0 Å². The number of carbonyl (C=O) groups excluding carboxylic acids is 3. The zero-order valence-corrected chi connectivity index (χ0v) is 10.8. The second-order valence-corrected chi connectivity index (χ2v) is 4.33. The fraction of sp³-hybridized carbons (Fsp3) is 0.750. The molecule has 0 aliphatic carbocycles. The summed E-state index contributed by atoms with van der Waals surface area (Å²) in [5.74, 6) is -0.654. The minimum atomic E-state index is -0.775. The van der Waals surface area contributed by atoms with Crippen LogP contribution < -0.4 is 5.32 Å². The van der Waals surface area contributed by atoms with E-state index >= 15 is 0 Å². The number of esters is 2. The summed E-state index contributed by atoms with van der Waals surface area (Å²) < 4.78 is 9.13. The number of Topliss-reactive ketones (excluding diaryl/α,β-unsaturated/α-hetero) is 1. The first-order chi connectivity index (χ1) is 8.54. The van der Waals surface area contributed by atoms with Gasteiger partial charge in [0.2, 0.25) is 0 Å². The van der Waals surface area contributed by atoms with E-state index in [9.17, 15) is 14.4 Å². The Kier molecular flexibility index (Phi) is 5.27. The van der Waals surface area contributed by atoms with Crippen LogP contribution in [0.25, 0.3) is 0 Å². The summed E-state index contributed by atoms with van der Waals surface area (Å²) in [7, 11) is 2.63. The molecule has 1 aliphatic heterocycles. The molecule has 0 aromatic carbocycles. The molecular weight excluding hydrogens is 238 g/mol. The third-order valence-electron chi connectivity index (χ3n) is 3.32. The van der Waals surface area contributed by atoms with E-state index in [2.05, 4.69) is 14.8 Å². The van der Waals surface area contributed by atoms with Crippen molar-refractivity contribution in [2.24, 2.45) is 0 Å². The van der Waals surface area contributed by atoms with Crippen molar-refractivity contribution >= 4 is 17.7 Å². The molecule has 0 saturated carbocycles. The lowest BCUT2D eigenvalue weighted by Crippen LogP contribution is -2.46. The van der Waals surface area contributed by atoms with Crippen LogP contribution in [0.5, 0.6) is 0 Å². The number of rotatable bonds is 6. The molecule has 18 heavy (non-hydrogen) atoms. The third-order valence-corrected chi connectivity index (χ3v) is 3.32. The van der Waals surface area contributed by atoms with Crippen LogP contribution in [-0.2, 0) is 23.9 Å². The molecule has 1 saturated heterocycles. The Labute approximate surface area is 106 Å². The Morgan fingerprint density at radius 2 is 1.67 bits per heavy atom. The van der Waals surface area contributed by atoms with Gasteiger partial charge in [0.15, 0.2) is 5.78 Å². The quantitative estimate of drug-likeness (QED) is 0.684. The number of methoxy groups -OCH3 is 2. The van der Waals surface area contributed by atoms with Crippen molar-refractivity contribution in [3.05, 3.63) is 0 Å². The Morgan fingerprint density at radius 1 is 1.17 bits per heavy atom. The summed E-state index contributed by atoms with van der Waals surface area (Å²) in [5.41, 5.74) is -0.775. The second-order valence-electron chi connectivity index (χ2n) is 4.33. The number of nitrogens with one attached hydrogen (secondary N) is 1. The minimum Gasteiger partial charge on any atom is -0.469 e. The number of ether oxygens (including phenoxy) is 2. The molecule has 0 unspecified atom stereocenters. The highest BCUT2D eigenvalue weighted by Gasteiger charge is 2.41. The highest BCUT2D eigenvalue weighted by molar-refractivity contribution is 5.91. The van der Waals surface area contributed by atoms with E-state index in [1.807, 2.05) is 0 Å². The number of ketones is 1. The van der Waals surface area contributed by atoms with Gasteiger partial charge in [-0.2, -0.15) is 0 Å². The maximum atomic E-state index is 11.9. The maximum Gasteiger partial charge on any atom is 0.305 e. The Balaban J connectivity index is 2.61. The molecule has 0 atom stereocenters. The molecule has 6 nitrogen and oxygen atoms in total. The van der Waals surface area contributed by atoms with Gasteiger partial charge < -0.3 is 14.8 Å². The van der Waals surface area contributed by atoms with Crippen molar-refractivity contribution in [3.63, 3.8) is 0 Å². The van der Waals surface area contributed by atoms with Crippen LogP contribution in [0.1, 0.15) is 32.1 Å². The summed E-state index contributed by atoms with van der Waals surface area (Å²) in [6.45, 7) is 0.585. The van der Waals surface area contributed by atoms with Crippen molar-refractivity contribution in [2.45, 2.75) is 37.6 Å². The average Bonchev–Trinajstić information content (AvgIpc) is 2.75. The van der Waals surface area contributed by atoms with Gasteiger partial charge in [0, 0.05) is 25.8 Å². The number of carbonyl (C=O) groups is 3. The van der Waals surface area contributed by atoms with E-state index in [1.165, 1.54) is 14.2 Å². The molecular formula is C12H19NO5. The predicted molar refractivity (Wildman–Crippen MR) is 62.9 cm³/mol. The summed E-state index contributed by atoms with van der Waals surface area (Å²) in [6, 6.07) is 0. The first-order valence-corrected chi connectivity index (χ1v) is 5.96. The fourth-order valence-corrected chi connectivity index (χ4v) is 2.17. The molecule has 0 amide bonds. The van der Waals surface area contributed by atoms with Crippen molar-refractivity contribution in [1.82, 2.24) is 5.32 Å². The Hall–Kier alpha value is -1.43. The smallest absolute Gasteiger partial charge is 0.305 e. The molecule has 6 heteroatoms. The van der Waals surface area contributed by atoms with E-state index < -0.39 is 5.54 Å². The summed E-state index contributed by atoms with van der Waals surface area (Å²) in [5, 5.41) is 3.11. The molecule has 102 valence electrons. The molecule has 0 bridgehead atoms. The van der Waals surface area contributed by atoms with E-state index in [0.29, 0.717) is 25.8 Å². The zero-order valence-electron chi connectivity index (χ0n) is 10.8. The highest BCUT2D eigenvalue weighted by Crippen LogP contribution is 2.27. The lowest BCUT2D eigenvalue weighted by molar-refractivity contribution is -0.141. The first-order valence-electron chi connectivity index (χ1n) is 5.96. The molecule has 0 spiro atoms. The van der Waals surface area contributed by atoms with Gasteiger partial charge in [-0.1, -0.05) is 0 Å². The maximum absolute atomic E-state index is 11.9. The van der Waals surface area contributed by atoms with Gasteiger partial charge in [-0.05, 0) is 12.8 Å². The number of hydrogen-bond acceptors (Lipinski definition) is 6. The highest BCUT2D eigenvalue weighted by atomic mass is 16.5. The van der Waals surface area contributed by atoms with Gasteiger partial charge in [0.1, 0.15) is 0 Å². The van der Waals surface area contributed by atoms with Gasteiger partial charge in [-0.3, -0.25) is 14.4 Å². The Bertz CT molecular complexity index is 319. The average molecular weight is 257 g/mol. The van der Waals surface area contributed by atoms with E-state index in [1.54, 1.807) is 0 Å². The van der Waals surface area contributed by atoms with E-state index in [-0.39, 0.29) is 30.6 Å². The standard InChI is InChI=1S/C12H19NO5/c1-17-10(15)3-6-12(7-4-11(16)18-2)9(14)5-8-13-12/h13H,3-8H2,1-2H3. The summed E-state index contributed by atoms with van der Waals surface area (Å²) in [6.07, 6.45) is 1.47. The largest absolute Gasteiger partial charge is 0.469 e. The molecule has 1 N–H and O–H groups in total. The number of hydrogen-bond donors (Lipinski definition) is 1. The molecule has 0 aromatic rings.